The predicted molar refractivity (Wildman–Crippen MR) is 83.4 cm³/mol. The first-order valence-electron chi connectivity index (χ1n) is 6.38. The van der Waals surface area contributed by atoms with E-state index >= 15 is 0 Å². The van der Waals surface area contributed by atoms with Gasteiger partial charge in [-0.15, -0.1) is 0 Å². The molecular formula is C14H10F2O7STe. The summed E-state index contributed by atoms with van der Waals surface area (Å²) < 4.78 is 61.3. The van der Waals surface area contributed by atoms with Crippen LogP contribution in [-0.4, -0.2) is 55.3 Å². The van der Waals surface area contributed by atoms with Crippen molar-refractivity contribution in [2.24, 2.45) is 0 Å². The Morgan fingerprint density at radius 2 is 1.60 bits per heavy atom. The number of alkyl halides is 2. The third-order valence-electron chi connectivity index (χ3n) is 2.77. The van der Waals surface area contributed by atoms with Crippen LogP contribution in [0.5, 0.6) is 17.2 Å². The van der Waals surface area contributed by atoms with Crippen LogP contribution in [0.25, 0.3) is 0 Å². The van der Waals surface area contributed by atoms with Crippen molar-refractivity contribution in [3.63, 3.8) is 0 Å². The molecule has 134 valence electrons. The molecule has 0 spiro atoms. The maximum atomic E-state index is 13.1. The Labute approximate surface area is 150 Å². The number of aromatic hydroxyl groups is 2. The first-order valence-corrected chi connectivity index (χ1v) is 10.1. The Bertz CT molecular complexity index is 898. The molecule has 2 aromatic carbocycles. The minimum atomic E-state index is -5.99. The van der Waals surface area contributed by atoms with E-state index in [9.17, 15) is 32.2 Å². The third-order valence-corrected chi connectivity index (χ3v) is 6.43. The van der Waals surface area contributed by atoms with Crippen LogP contribution in [0, 0.1) is 0 Å². The number of ether oxygens (including phenoxy) is 1. The van der Waals surface area contributed by atoms with E-state index in [1.807, 2.05) is 0 Å². The second-order valence-electron chi connectivity index (χ2n) is 4.61. The Morgan fingerprint density at radius 1 is 1.04 bits per heavy atom. The average molecular weight is 488 g/mol. The molecule has 0 heterocycles. The molecule has 0 saturated carbocycles. The first kappa shape index (κ1) is 19.4. The third kappa shape index (κ3) is 4.58. The molecule has 0 aliphatic carbocycles. The molecule has 0 bridgehead atoms. The van der Waals surface area contributed by atoms with E-state index < -0.39 is 53.8 Å². The fourth-order valence-electron chi connectivity index (χ4n) is 1.56. The van der Waals surface area contributed by atoms with Crippen molar-refractivity contribution < 1.29 is 41.5 Å². The summed E-state index contributed by atoms with van der Waals surface area (Å²) in [6.45, 7) is 0. The van der Waals surface area contributed by atoms with E-state index in [0.717, 1.165) is 9.68 Å². The van der Waals surface area contributed by atoms with Crippen molar-refractivity contribution in [1.82, 2.24) is 0 Å². The average Bonchev–Trinajstić information content (AvgIpc) is 2.51. The van der Waals surface area contributed by atoms with Gasteiger partial charge in [0.2, 0.25) is 0 Å². The number of hydrogen-bond acceptors (Lipinski definition) is 6. The summed E-state index contributed by atoms with van der Waals surface area (Å²) >= 11 is -0.971. The van der Waals surface area contributed by atoms with Gasteiger partial charge in [0.05, 0.1) is 0 Å². The quantitative estimate of drug-likeness (QED) is 0.237. The Kier molecular flexibility index (Phi) is 5.53. The van der Waals surface area contributed by atoms with Crippen LogP contribution in [0.1, 0.15) is 0 Å². The normalized spacial score (nSPS) is 12.0. The van der Waals surface area contributed by atoms with Crippen molar-refractivity contribution in [2.75, 3.05) is 0 Å². The first-order chi connectivity index (χ1) is 11.5. The zero-order valence-corrected chi connectivity index (χ0v) is 15.2. The van der Waals surface area contributed by atoms with Crippen molar-refractivity contribution in [3.05, 3.63) is 42.5 Å². The van der Waals surface area contributed by atoms with Gasteiger partial charge in [0.1, 0.15) is 0 Å². The summed E-state index contributed by atoms with van der Waals surface area (Å²) in [5.74, 6) is -3.75. The zero-order chi connectivity index (χ0) is 18.8. The molecule has 11 heteroatoms. The molecule has 7 nitrogen and oxygen atoms in total. The summed E-state index contributed by atoms with van der Waals surface area (Å²) in [4.78, 5) is 11.2. The van der Waals surface area contributed by atoms with Gasteiger partial charge in [-0.25, -0.2) is 0 Å². The number of carbonyl (C=O) groups is 1. The van der Waals surface area contributed by atoms with E-state index in [2.05, 4.69) is 4.74 Å². The number of carbonyl (C=O) groups excluding carboxylic acids is 1. The van der Waals surface area contributed by atoms with Crippen LogP contribution in [-0.2, 0) is 14.9 Å². The van der Waals surface area contributed by atoms with Gasteiger partial charge in [-0.1, -0.05) is 0 Å². The standard InChI is InChI=1S/C14H10F2O7STe/c15-14(16,24(20,21)22)13(19)23-12-6-5-10(7-11(12)18)25-9-3-1-8(17)2-4-9/h1-7,17-18H,(H,20,21,22). The summed E-state index contributed by atoms with van der Waals surface area (Å²) in [6.07, 6.45) is 0. The minimum absolute atomic E-state index is 0.0982. The van der Waals surface area contributed by atoms with Crippen molar-refractivity contribution in [2.45, 2.75) is 5.25 Å². The Morgan fingerprint density at radius 3 is 2.12 bits per heavy atom. The van der Waals surface area contributed by atoms with Gasteiger partial charge < -0.3 is 0 Å². The van der Waals surface area contributed by atoms with Gasteiger partial charge in [0.25, 0.3) is 0 Å². The molecule has 0 aliphatic heterocycles. The molecule has 2 rings (SSSR count). The number of rotatable bonds is 5. The zero-order valence-electron chi connectivity index (χ0n) is 12.1. The van der Waals surface area contributed by atoms with Crippen LogP contribution < -0.4 is 12.0 Å². The van der Waals surface area contributed by atoms with Crippen LogP contribution in [0.4, 0.5) is 8.78 Å². The summed E-state index contributed by atoms with van der Waals surface area (Å²) in [5, 5.41) is 13.8. The second-order valence-corrected chi connectivity index (χ2v) is 9.34. The van der Waals surface area contributed by atoms with E-state index in [-0.39, 0.29) is 5.75 Å². The molecule has 0 unspecified atom stereocenters. The Balaban J connectivity index is 2.17. The number of phenolic OH excluding ortho intramolecular Hbond substituents is 2. The molecule has 2 aromatic rings. The number of phenols is 2. The van der Waals surface area contributed by atoms with E-state index in [0.29, 0.717) is 3.61 Å². The van der Waals surface area contributed by atoms with E-state index in [1.54, 1.807) is 12.1 Å². The summed E-state index contributed by atoms with van der Waals surface area (Å²) in [6, 6.07) is 10.0. The summed E-state index contributed by atoms with van der Waals surface area (Å²) in [7, 11) is -5.99. The Hall–Kier alpha value is -1.93. The molecule has 25 heavy (non-hydrogen) atoms. The fraction of sp³-hybridized carbons (Fsp3) is 0.0714. The van der Waals surface area contributed by atoms with Gasteiger partial charge in [-0.05, 0) is 0 Å². The van der Waals surface area contributed by atoms with Crippen LogP contribution in [0.3, 0.4) is 0 Å². The summed E-state index contributed by atoms with van der Waals surface area (Å²) in [5.41, 5.74) is 0. The molecule has 3 N–H and O–H groups in total. The number of halogens is 2. The molecule has 0 aliphatic rings. The van der Waals surface area contributed by atoms with Gasteiger partial charge in [-0.2, -0.15) is 0 Å². The van der Waals surface area contributed by atoms with Gasteiger partial charge in [0, 0.05) is 0 Å². The van der Waals surface area contributed by atoms with Crippen molar-refractivity contribution in [3.8, 4) is 17.2 Å². The molecule has 0 amide bonds. The van der Waals surface area contributed by atoms with Crippen LogP contribution in [0.2, 0.25) is 0 Å². The van der Waals surface area contributed by atoms with Gasteiger partial charge >= 0.3 is 151 Å². The second kappa shape index (κ2) is 7.13. The molecule has 0 saturated heterocycles. The van der Waals surface area contributed by atoms with E-state index in [1.165, 1.54) is 24.3 Å². The SMILES string of the molecule is O=C(Oc1ccc([Te]c2ccc(O)cc2)cc1O)C(F)(F)S(=O)(=O)O. The van der Waals surface area contributed by atoms with E-state index in [4.69, 9.17) is 4.55 Å². The monoisotopic (exact) mass is 490 g/mol. The molecule has 0 fully saturated rings. The predicted octanol–water partition coefficient (Wildman–Crippen LogP) is 0.139. The van der Waals surface area contributed by atoms with Gasteiger partial charge in [-0.3, -0.25) is 0 Å². The van der Waals surface area contributed by atoms with Crippen molar-refractivity contribution in [1.29, 1.82) is 0 Å². The van der Waals surface area contributed by atoms with Gasteiger partial charge in [0.15, 0.2) is 0 Å². The molecular weight excluding hydrogens is 478 g/mol. The number of esters is 1. The van der Waals surface area contributed by atoms with Crippen LogP contribution in [0.15, 0.2) is 42.5 Å². The number of benzene rings is 2. The number of hydrogen-bond donors (Lipinski definition) is 3. The maximum absolute atomic E-state index is 13.1. The van der Waals surface area contributed by atoms with Crippen LogP contribution >= 0.6 is 0 Å². The molecule has 0 aromatic heterocycles. The van der Waals surface area contributed by atoms with Crippen molar-refractivity contribution >= 4 is 44.2 Å². The topological polar surface area (TPSA) is 121 Å². The molecule has 0 atom stereocenters. The molecule has 0 radical (unpaired) electrons. The fourth-order valence-corrected chi connectivity index (χ4v) is 4.24.